The third-order valence-electron chi connectivity index (χ3n) is 4.39. The van der Waals surface area contributed by atoms with Gasteiger partial charge in [-0.25, -0.2) is 8.42 Å². The molecule has 0 aromatic heterocycles. The molecule has 0 spiro atoms. The average molecular weight is 322 g/mol. The Bertz CT molecular complexity index is 660. The lowest BCUT2D eigenvalue weighted by Gasteiger charge is -2.35. The Labute approximate surface area is 131 Å². The standard InChI is InChI=1S/C16H22N2O3S/c1-22(20,21)15-5-3-2-4-14(15)16(19)18-10-8-17(9-11-18)12-13-6-7-13/h2-5,13H,6-12H2,1H3. The second-order valence-corrected chi connectivity index (χ2v) is 8.29. The molecule has 0 radical (unpaired) electrons. The summed E-state index contributed by atoms with van der Waals surface area (Å²) >= 11 is 0. The summed E-state index contributed by atoms with van der Waals surface area (Å²) in [7, 11) is -3.39. The Balaban J connectivity index is 1.70. The fourth-order valence-corrected chi connectivity index (χ4v) is 3.82. The quantitative estimate of drug-likeness (QED) is 0.837. The van der Waals surface area contributed by atoms with Crippen LogP contribution in [0.3, 0.4) is 0 Å². The van der Waals surface area contributed by atoms with E-state index < -0.39 is 9.84 Å². The van der Waals surface area contributed by atoms with Crippen molar-refractivity contribution in [3.05, 3.63) is 29.8 Å². The Hall–Kier alpha value is -1.40. The van der Waals surface area contributed by atoms with E-state index in [1.807, 2.05) is 0 Å². The number of amides is 1. The summed E-state index contributed by atoms with van der Waals surface area (Å²) in [6.07, 6.45) is 3.81. The summed E-state index contributed by atoms with van der Waals surface area (Å²) in [4.78, 5) is 17.0. The van der Waals surface area contributed by atoms with E-state index in [1.165, 1.54) is 18.9 Å². The first-order chi connectivity index (χ1) is 10.4. The lowest BCUT2D eigenvalue weighted by molar-refractivity contribution is 0.0628. The van der Waals surface area contributed by atoms with Crippen LogP contribution in [0.15, 0.2) is 29.2 Å². The van der Waals surface area contributed by atoms with Gasteiger partial charge in [-0.3, -0.25) is 9.69 Å². The maximum Gasteiger partial charge on any atom is 0.255 e. The van der Waals surface area contributed by atoms with Crippen LogP contribution in [-0.2, 0) is 9.84 Å². The predicted octanol–water partition coefficient (Wildman–Crippen LogP) is 1.26. The van der Waals surface area contributed by atoms with Gasteiger partial charge in [0.1, 0.15) is 0 Å². The molecule has 1 saturated carbocycles. The molecule has 1 saturated heterocycles. The highest BCUT2D eigenvalue weighted by Crippen LogP contribution is 2.30. The van der Waals surface area contributed by atoms with Gasteiger partial charge in [-0.15, -0.1) is 0 Å². The lowest BCUT2D eigenvalue weighted by Crippen LogP contribution is -2.49. The highest BCUT2D eigenvalue weighted by Gasteiger charge is 2.29. The number of sulfone groups is 1. The summed E-state index contributed by atoms with van der Waals surface area (Å²) in [6, 6.07) is 6.48. The van der Waals surface area contributed by atoms with Crippen LogP contribution in [0.2, 0.25) is 0 Å². The fraction of sp³-hybridized carbons (Fsp3) is 0.562. The fourth-order valence-electron chi connectivity index (χ4n) is 2.94. The van der Waals surface area contributed by atoms with Crippen LogP contribution in [0, 0.1) is 5.92 Å². The number of benzene rings is 1. The number of carbonyl (C=O) groups excluding carboxylic acids is 1. The van der Waals surface area contributed by atoms with E-state index in [-0.39, 0.29) is 10.8 Å². The van der Waals surface area contributed by atoms with Crippen molar-refractivity contribution in [2.45, 2.75) is 17.7 Å². The van der Waals surface area contributed by atoms with Crippen molar-refractivity contribution in [1.29, 1.82) is 0 Å². The van der Waals surface area contributed by atoms with Crippen LogP contribution in [-0.4, -0.2) is 63.1 Å². The van der Waals surface area contributed by atoms with Gasteiger partial charge < -0.3 is 4.90 Å². The number of nitrogens with zero attached hydrogens (tertiary/aromatic N) is 2. The van der Waals surface area contributed by atoms with Gasteiger partial charge in [-0.1, -0.05) is 12.1 Å². The van der Waals surface area contributed by atoms with E-state index in [9.17, 15) is 13.2 Å². The molecular formula is C16H22N2O3S. The van der Waals surface area contributed by atoms with E-state index in [0.717, 1.165) is 31.8 Å². The van der Waals surface area contributed by atoms with Crippen molar-refractivity contribution in [3.63, 3.8) is 0 Å². The first-order valence-corrected chi connectivity index (χ1v) is 9.65. The molecule has 3 rings (SSSR count). The minimum Gasteiger partial charge on any atom is -0.336 e. The molecule has 0 N–H and O–H groups in total. The van der Waals surface area contributed by atoms with E-state index in [2.05, 4.69) is 4.90 Å². The Morgan fingerprint density at radius 1 is 1.14 bits per heavy atom. The molecule has 1 heterocycles. The van der Waals surface area contributed by atoms with Gasteiger partial charge in [-0.05, 0) is 30.9 Å². The van der Waals surface area contributed by atoms with Gasteiger partial charge >= 0.3 is 0 Å². The van der Waals surface area contributed by atoms with Gasteiger partial charge in [-0.2, -0.15) is 0 Å². The van der Waals surface area contributed by atoms with Crippen molar-refractivity contribution in [2.75, 3.05) is 39.0 Å². The predicted molar refractivity (Wildman–Crippen MR) is 84.6 cm³/mol. The largest absolute Gasteiger partial charge is 0.336 e. The normalized spacial score (nSPS) is 20.1. The van der Waals surface area contributed by atoms with Crippen molar-refractivity contribution in [2.24, 2.45) is 5.92 Å². The van der Waals surface area contributed by atoms with Crippen LogP contribution in [0.25, 0.3) is 0 Å². The second kappa shape index (κ2) is 6.01. The van der Waals surface area contributed by atoms with Crippen LogP contribution in [0.4, 0.5) is 0 Å². The molecule has 1 aliphatic heterocycles. The van der Waals surface area contributed by atoms with Gasteiger partial charge in [0.05, 0.1) is 10.5 Å². The monoisotopic (exact) mass is 322 g/mol. The average Bonchev–Trinajstić information content (AvgIpc) is 3.30. The summed E-state index contributed by atoms with van der Waals surface area (Å²) in [6.45, 7) is 4.24. The first-order valence-electron chi connectivity index (χ1n) is 7.76. The third kappa shape index (κ3) is 3.50. The van der Waals surface area contributed by atoms with Crippen molar-refractivity contribution >= 4 is 15.7 Å². The molecule has 0 unspecified atom stereocenters. The maximum atomic E-state index is 12.7. The smallest absolute Gasteiger partial charge is 0.255 e. The topological polar surface area (TPSA) is 57.7 Å². The first kappa shape index (κ1) is 15.5. The Kier molecular flexibility index (Phi) is 4.23. The van der Waals surface area contributed by atoms with Crippen molar-refractivity contribution < 1.29 is 13.2 Å². The zero-order valence-corrected chi connectivity index (χ0v) is 13.7. The molecule has 1 aliphatic carbocycles. The zero-order valence-electron chi connectivity index (χ0n) is 12.9. The van der Waals surface area contributed by atoms with Crippen LogP contribution < -0.4 is 0 Å². The highest BCUT2D eigenvalue weighted by molar-refractivity contribution is 7.90. The molecule has 0 bridgehead atoms. The minimum atomic E-state index is -3.39. The molecule has 120 valence electrons. The summed E-state index contributed by atoms with van der Waals surface area (Å²) < 4.78 is 23.7. The van der Waals surface area contributed by atoms with Crippen LogP contribution >= 0.6 is 0 Å². The van der Waals surface area contributed by atoms with Crippen molar-refractivity contribution in [1.82, 2.24) is 9.80 Å². The SMILES string of the molecule is CS(=O)(=O)c1ccccc1C(=O)N1CCN(CC2CC2)CC1. The number of carbonyl (C=O) groups is 1. The molecule has 2 fully saturated rings. The summed E-state index contributed by atoms with van der Waals surface area (Å²) in [5.74, 6) is 0.681. The Morgan fingerprint density at radius 3 is 2.36 bits per heavy atom. The van der Waals surface area contributed by atoms with Crippen LogP contribution in [0.5, 0.6) is 0 Å². The van der Waals surface area contributed by atoms with E-state index in [1.54, 1.807) is 23.1 Å². The van der Waals surface area contributed by atoms with E-state index >= 15 is 0 Å². The minimum absolute atomic E-state index is 0.125. The number of hydrogen-bond donors (Lipinski definition) is 0. The molecule has 6 heteroatoms. The van der Waals surface area contributed by atoms with Crippen molar-refractivity contribution in [3.8, 4) is 0 Å². The van der Waals surface area contributed by atoms with Gasteiger partial charge in [0.25, 0.3) is 5.91 Å². The van der Waals surface area contributed by atoms with E-state index in [0.29, 0.717) is 18.7 Å². The molecular weight excluding hydrogens is 300 g/mol. The molecule has 5 nitrogen and oxygen atoms in total. The Morgan fingerprint density at radius 2 is 1.77 bits per heavy atom. The number of rotatable bonds is 4. The van der Waals surface area contributed by atoms with Crippen LogP contribution in [0.1, 0.15) is 23.2 Å². The summed E-state index contributed by atoms with van der Waals surface area (Å²) in [5.41, 5.74) is 0.292. The third-order valence-corrected chi connectivity index (χ3v) is 5.54. The molecule has 1 aromatic carbocycles. The van der Waals surface area contributed by atoms with Gasteiger partial charge in [0.15, 0.2) is 9.84 Å². The second-order valence-electron chi connectivity index (χ2n) is 6.30. The zero-order chi connectivity index (χ0) is 15.7. The number of hydrogen-bond acceptors (Lipinski definition) is 4. The molecule has 0 atom stereocenters. The molecule has 1 aromatic rings. The highest BCUT2D eigenvalue weighted by atomic mass is 32.2. The van der Waals surface area contributed by atoms with E-state index in [4.69, 9.17) is 0 Å². The molecule has 2 aliphatic rings. The maximum absolute atomic E-state index is 12.7. The molecule has 1 amide bonds. The molecule has 22 heavy (non-hydrogen) atoms. The lowest BCUT2D eigenvalue weighted by atomic mass is 10.1. The summed E-state index contributed by atoms with van der Waals surface area (Å²) in [5, 5.41) is 0. The number of piperazine rings is 1. The van der Waals surface area contributed by atoms with Gasteiger partial charge in [0.2, 0.25) is 0 Å². The van der Waals surface area contributed by atoms with Gasteiger partial charge in [0, 0.05) is 39.0 Å².